The monoisotopic (exact) mass is 294 g/mol. The normalized spacial score (nSPS) is 23.9. The molecule has 0 amide bonds. The van der Waals surface area contributed by atoms with Crippen LogP contribution >= 0.6 is 11.9 Å². The number of hydrogen-bond donors (Lipinski definition) is 2. The van der Waals surface area contributed by atoms with Crippen LogP contribution in [0.2, 0.25) is 0 Å². The fourth-order valence-electron chi connectivity index (χ4n) is 2.45. The molecule has 4 rings (SSSR count). The number of rotatable bonds is 2. The van der Waals surface area contributed by atoms with Crippen molar-refractivity contribution in [2.24, 2.45) is 5.14 Å². The first kappa shape index (κ1) is 14.0. The quantitative estimate of drug-likeness (QED) is 0.821. The van der Waals surface area contributed by atoms with Gasteiger partial charge in [-0.3, -0.25) is 5.14 Å². The zero-order valence-corrected chi connectivity index (χ0v) is 12.5. The highest BCUT2D eigenvalue weighted by molar-refractivity contribution is 7.97. The molecule has 1 aliphatic carbocycles. The first-order chi connectivity index (χ1) is 9.86. The van der Waals surface area contributed by atoms with Crippen molar-refractivity contribution in [2.75, 3.05) is 19.8 Å². The molecule has 2 fully saturated rings. The Morgan fingerprint density at radius 1 is 1.10 bits per heavy atom. The molecule has 1 unspecified atom stereocenters. The SMILES string of the molecule is NSC1CC1.c1cc2c(cc1C1CCCN1)OCCO2. The van der Waals surface area contributed by atoms with Crippen molar-refractivity contribution in [1.82, 2.24) is 5.32 Å². The summed E-state index contributed by atoms with van der Waals surface area (Å²) in [5.41, 5.74) is 1.32. The van der Waals surface area contributed by atoms with E-state index in [1.807, 2.05) is 6.07 Å². The summed E-state index contributed by atoms with van der Waals surface area (Å²) >= 11 is 1.49. The van der Waals surface area contributed by atoms with E-state index in [1.54, 1.807) is 0 Å². The van der Waals surface area contributed by atoms with Gasteiger partial charge < -0.3 is 14.8 Å². The van der Waals surface area contributed by atoms with Gasteiger partial charge in [-0.1, -0.05) is 18.0 Å². The Balaban J connectivity index is 0.000000205. The molecule has 1 aromatic rings. The van der Waals surface area contributed by atoms with Crippen LogP contribution in [-0.2, 0) is 0 Å². The number of benzene rings is 1. The van der Waals surface area contributed by atoms with Crippen LogP contribution in [0.1, 0.15) is 37.3 Å². The average molecular weight is 294 g/mol. The van der Waals surface area contributed by atoms with E-state index >= 15 is 0 Å². The van der Waals surface area contributed by atoms with Crippen molar-refractivity contribution in [3.8, 4) is 11.5 Å². The zero-order chi connectivity index (χ0) is 13.8. The largest absolute Gasteiger partial charge is 0.486 e. The molecule has 5 heteroatoms. The molecule has 20 heavy (non-hydrogen) atoms. The topological polar surface area (TPSA) is 56.5 Å². The molecule has 1 saturated carbocycles. The fraction of sp³-hybridized carbons (Fsp3) is 0.600. The van der Waals surface area contributed by atoms with Gasteiger partial charge >= 0.3 is 0 Å². The second-order valence-corrected chi connectivity index (χ2v) is 6.33. The number of nitrogens with two attached hydrogens (primary N) is 1. The Kier molecular flexibility index (Phi) is 4.70. The first-order valence-corrected chi connectivity index (χ1v) is 8.29. The highest BCUT2D eigenvalue weighted by Gasteiger charge is 2.20. The van der Waals surface area contributed by atoms with Crippen LogP contribution in [0.3, 0.4) is 0 Å². The molecule has 1 aromatic carbocycles. The second-order valence-electron chi connectivity index (χ2n) is 5.39. The molecule has 0 radical (unpaired) electrons. The third kappa shape index (κ3) is 3.59. The molecular formula is C15H22N2O2S. The predicted octanol–water partition coefficient (Wildman–Crippen LogP) is 2.64. The molecule has 0 bridgehead atoms. The lowest BCUT2D eigenvalue weighted by Gasteiger charge is -2.20. The van der Waals surface area contributed by atoms with Gasteiger partial charge in [-0.05, 0) is 49.9 Å². The minimum Gasteiger partial charge on any atom is -0.486 e. The standard InChI is InChI=1S/C12H15NO2.C3H7NS/c1-2-10(13-5-1)9-3-4-11-12(8-9)15-7-6-14-11;4-5-3-1-2-3/h3-4,8,10,13H,1-2,5-7H2;3H,1-2,4H2. The molecule has 0 aromatic heterocycles. The highest BCUT2D eigenvalue weighted by Crippen LogP contribution is 2.34. The van der Waals surface area contributed by atoms with E-state index in [0.717, 1.165) is 23.3 Å². The van der Waals surface area contributed by atoms with E-state index in [1.165, 1.54) is 43.2 Å². The van der Waals surface area contributed by atoms with Crippen molar-refractivity contribution < 1.29 is 9.47 Å². The lowest BCUT2D eigenvalue weighted by Crippen LogP contribution is -2.17. The second kappa shape index (κ2) is 6.70. The third-order valence-electron chi connectivity index (χ3n) is 3.75. The number of ether oxygens (including phenoxy) is 2. The summed E-state index contributed by atoms with van der Waals surface area (Å²) in [6.45, 7) is 2.45. The van der Waals surface area contributed by atoms with E-state index in [-0.39, 0.29) is 0 Å². The van der Waals surface area contributed by atoms with Gasteiger partial charge in [0.15, 0.2) is 11.5 Å². The van der Waals surface area contributed by atoms with Gasteiger partial charge in [0, 0.05) is 11.3 Å². The maximum absolute atomic E-state index is 5.57. The van der Waals surface area contributed by atoms with Crippen molar-refractivity contribution in [3.05, 3.63) is 23.8 Å². The summed E-state index contributed by atoms with van der Waals surface area (Å²) < 4.78 is 11.1. The minimum absolute atomic E-state index is 0.501. The summed E-state index contributed by atoms with van der Waals surface area (Å²) in [6, 6.07) is 6.76. The van der Waals surface area contributed by atoms with Gasteiger partial charge in [0.25, 0.3) is 0 Å². The van der Waals surface area contributed by atoms with Crippen LogP contribution in [0.25, 0.3) is 0 Å². The van der Waals surface area contributed by atoms with E-state index in [2.05, 4.69) is 17.4 Å². The van der Waals surface area contributed by atoms with Gasteiger partial charge in [0.05, 0.1) is 0 Å². The van der Waals surface area contributed by atoms with E-state index < -0.39 is 0 Å². The Morgan fingerprint density at radius 2 is 1.90 bits per heavy atom. The molecule has 1 atom stereocenters. The summed E-state index contributed by atoms with van der Waals surface area (Å²) in [7, 11) is 0. The molecule has 0 spiro atoms. The maximum atomic E-state index is 5.57. The van der Waals surface area contributed by atoms with Gasteiger partial charge in [-0.2, -0.15) is 0 Å². The minimum atomic E-state index is 0.501. The lowest BCUT2D eigenvalue weighted by atomic mass is 10.0. The van der Waals surface area contributed by atoms with Crippen LogP contribution in [0.15, 0.2) is 18.2 Å². The Labute approximate surface area is 124 Å². The zero-order valence-electron chi connectivity index (χ0n) is 11.6. The summed E-state index contributed by atoms with van der Waals surface area (Å²) in [6.07, 6.45) is 5.18. The van der Waals surface area contributed by atoms with Crippen LogP contribution in [0, 0.1) is 0 Å². The molecule has 2 heterocycles. The van der Waals surface area contributed by atoms with Gasteiger partial charge in [0.2, 0.25) is 0 Å². The van der Waals surface area contributed by atoms with Crippen molar-refractivity contribution >= 4 is 11.9 Å². The number of fused-ring (bicyclic) bond motifs is 1. The molecule has 3 N–H and O–H groups in total. The highest BCUT2D eigenvalue weighted by atomic mass is 32.2. The van der Waals surface area contributed by atoms with E-state index in [9.17, 15) is 0 Å². The molecule has 3 aliphatic rings. The maximum Gasteiger partial charge on any atom is 0.161 e. The molecule has 4 nitrogen and oxygen atoms in total. The van der Waals surface area contributed by atoms with E-state index in [0.29, 0.717) is 19.3 Å². The molecule has 2 aliphatic heterocycles. The third-order valence-corrected chi connectivity index (χ3v) is 4.60. The van der Waals surface area contributed by atoms with Crippen LogP contribution in [0.5, 0.6) is 11.5 Å². The van der Waals surface area contributed by atoms with Gasteiger partial charge in [-0.25, -0.2) is 0 Å². The van der Waals surface area contributed by atoms with Crippen LogP contribution in [0.4, 0.5) is 0 Å². The van der Waals surface area contributed by atoms with Crippen molar-refractivity contribution in [3.63, 3.8) is 0 Å². The Bertz CT molecular complexity index is 445. The number of hydrogen-bond acceptors (Lipinski definition) is 5. The van der Waals surface area contributed by atoms with Crippen molar-refractivity contribution in [2.45, 2.75) is 37.0 Å². The summed E-state index contributed by atoms with van der Waals surface area (Å²) in [5, 5.41) is 9.46. The van der Waals surface area contributed by atoms with Crippen molar-refractivity contribution in [1.29, 1.82) is 0 Å². The van der Waals surface area contributed by atoms with Crippen LogP contribution in [-0.4, -0.2) is 25.0 Å². The Hall–Kier alpha value is -0.910. The van der Waals surface area contributed by atoms with Crippen LogP contribution < -0.4 is 19.9 Å². The lowest BCUT2D eigenvalue weighted by molar-refractivity contribution is 0.171. The fourth-order valence-corrected chi connectivity index (χ4v) is 2.86. The molecule has 110 valence electrons. The average Bonchev–Trinajstić information content (AvgIpc) is 3.20. The number of nitrogens with one attached hydrogen (secondary N) is 1. The molecular weight excluding hydrogens is 272 g/mol. The predicted molar refractivity (Wildman–Crippen MR) is 82.2 cm³/mol. The molecule has 1 saturated heterocycles. The van der Waals surface area contributed by atoms with E-state index in [4.69, 9.17) is 14.6 Å². The summed E-state index contributed by atoms with van der Waals surface area (Å²) in [4.78, 5) is 0. The first-order valence-electron chi connectivity index (χ1n) is 7.35. The van der Waals surface area contributed by atoms with Gasteiger partial charge in [0.1, 0.15) is 13.2 Å². The van der Waals surface area contributed by atoms with Gasteiger partial charge in [-0.15, -0.1) is 0 Å². The smallest absolute Gasteiger partial charge is 0.161 e. The summed E-state index contributed by atoms with van der Waals surface area (Å²) in [5.74, 6) is 1.77. The Morgan fingerprint density at radius 3 is 2.50 bits per heavy atom.